The number of morpholine rings is 1. The number of nitrogens with zero attached hydrogens (tertiary/aromatic N) is 1. The maximum atomic E-state index is 14.9. The molecular weight excluding hydrogens is 1720 g/mol. The zero-order chi connectivity index (χ0) is 98.8. The number of ketones is 7. The number of Topliss-reactive ketones (excluding diaryl/α,β-unsaturated/α-hetero) is 7. The van der Waals surface area contributed by atoms with Crippen molar-refractivity contribution in [3.05, 3.63) is 95.6 Å². The van der Waals surface area contributed by atoms with E-state index in [1.165, 1.54) is 67.3 Å². The van der Waals surface area contributed by atoms with Crippen LogP contribution in [-0.2, 0) is 115 Å². The third-order valence-corrected chi connectivity index (χ3v) is 23.3. The molecule has 1 aliphatic heterocycles. The standard InChI is InChI=1S/C93H134N10O29/c1-10-53(4)85(78(115)40-61(35-58-19-24-65(108)25-20-58)88(127)98-70(34-52(2)3)74(111)38-62(43-83(121)122)87(126)97-54(5)16-14-15-29-94)102-90(129)64(49-104)41-75(112)71(37-59-21-26-66(109)27-22-59)99-89(128)63(44-84(123)124)39-76(113)73(50-105)101-92(131)69(56(7)107)46-77(114)72(36-57-17-12-11-13-18-57)100-91(130)68(55(6)106)45-67(110)48-96-86(125)60(23-28-82(119)120)42-79(116)93(8,9)47-80(117)95-30-31-103-32-33-132-51-81(103)118/h11-13,17-22,24-27,52-56,60-64,68-73,85,104-109H,10,14-16,23,28-51,94H2,1-9H3,(H,95,117)(H,96,125)(H,97,126)(H,98,127)(H,99,128)(H,100,130)(H,101,131)(H,102,129)(H,119,120)(H,121,122)(H,123,124)/t53-,54+,55+,56+,60+,61+,62-,63-,64-,68-,69-,70-,71-,72-,73-,85-/m0/s1. The van der Waals surface area contributed by atoms with Gasteiger partial charge in [-0.05, 0) is 125 Å². The number of benzene rings is 3. The summed E-state index contributed by atoms with van der Waals surface area (Å²) in [7, 11) is 0. The molecule has 0 radical (unpaired) electrons. The number of carbonyl (C=O) groups is 19. The van der Waals surface area contributed by atoms with Crippen molar-refractivity contribution in [3.8, 4) is 11.5 Å². The van der Waals surface area contributed by atoms with Gasteiger partial charge in [-0.1, -0.05) is 109 Å². The number of aliphatic hydroxyl groups is 4. The van der Waals surface area contributed by atoms with E-state index in [-0.39, 0.29) is 93.2 Å². The van der Waals surface area contributed by atoms with Crippen LogP contribution in [0.1, 0.15) is 188 Å². The molecule has 0 unspecified atom stereocenters. The molecule has 39 heteroatoms. The number of amides is 9. The Bertz CT molecular complexity index is 4410. The van der Waals surface area contributed by atoms with E-state index in [1.807, 2.05) is 0 Å². The fourth-order valence-electron chi connectivity index (χ4n) is 15.0. The van der Waals surface area contributed by atoms with Crippen molar-refractivity contribution in [3.63, 3.8) is 0 Å². The monoisotopic (exact) mass is 1850 g/mol. The molecule has 19 N–H and O–H groups in total. The first kappa shape index (κ1) is 113. The number of phenolic OH excluding ortho intramolecular Hbond substituents is 2. The Morgan fingerprint density at radius 3 is 1.48 bits per heavy atom. The van der Waals surface area contributed by atoms with Crippen molar-refractivity contribution in [2.24, 2.45) is 64.4 Å². The summed E-state index contributed by atoms with van der Waals surface area (Å²) in [6.07, 6.45) is -10.7. The number of aliphatic hydroxyl groups excluding tert-OH is 4. The van der Waals surface area contributed by atoms with Gasteiger partial charge in [0.1, 0.15) is 29.9 Å². The SMILES string of the molecule is CC[C@H](C)[C@H](NC(=O)[C@H](CO)CC(=O)[C@H](Cc1ccc(O)cc1)NC(=O)[C@H](CC(=O)O)CC(=O)[C@H](CO)NC(=O)[C@@H](CC(=O)[C@H](Cc1ccccc1)NC(=O)[C@@H](CC(=O)CNC(=O)[C@H](CCC(=O)O)CC(=O)C(C)(C)CC(=O)NCCN1CCOCC1=O)[C@@H](C)O)[C@@H](C)O)C(=O)C[C@@H](Cc1ccc(O)cc1)C(=O)N[C@@H](CC(C)C)C(=O)C[C@@H](CC(=O)O)C(=O)N[C@H](C)CCCCN. The predicted octanol–water partition coefficient (Wildman–Crippen LogP) is 1.37. The van der Waals surface area contributed by atoms with Crippen LogP contribution in [0.4, 0.5) is 0 Å². The molecule has 3 aromatic carbocycles. The van der Waals surface area contributed by atoms with Gasteiger partial charge < -0.3 is 104 Å². The second kappa shape index (κ2) is 56.9. The van der Waals surface area contributed by atoms with Crippen molar-refractivity contribution < 1.29 is 142 Å². The van der Waals surface area contributed by atoms with Gasteiger partial charge in [-0.2, -0.15) is 0 Å². The molecule has 1 aliphatic rings. The van der Waals surface area contributed by atoms with Crippen LogP contribution >= 0.6 is 0 Å². The average Bonchev–Trinajstić information content (AvgIpc) is 0.760. The van der Waals surface area contributed by atoms with Crippen LogP contribution < -0.4 is 48.3 Å². The molecule has 9 amide bonds. The highest BCUT2D eigenvalue weighted by Crippen LogP contribution is 2.30. The third kappa shape index (κ3) is 40.2. The summed E-state index contributed by atoms with van der Waals surface area (Å²) in [5.41, 5.74) is 5.38. The Labute approximate surface area is 767 Å². The van der Waals surface area contributed by atoms with E-state index < -0.39 is 291 Å². The van der Waals surface area contributed by atoms with Crippen LogP contribution in [0.15, 0.2) is 78.9 Å². The molecule has 16 atom stereocenters. The second-order valence-corrected chi connectivity index (χ2v) is 35.3. The van der Waals surface area contributed by atoms with Crippen LogP contribution in [0, 0.1) is 58.7 Å². The first-order valence-corrected chi connectivity index (χ1v) is 44.6. The van der Waals surface area contributed by atoms with Crippen molar-refractivity contribution in [2.45, 2.75) is 239 Å². The normalized spacial score (nSPS) is 15.8. The van der Waals surface area contributed by atoms with Gasteiger partial charge in [-0.15, -0.1) is 0 Å². The zero-order valence-electron chi connectivity index (χ0n) is 76.5. The first-order chi connectivity index (χ1) is 62.2. The number of nitrogens with two attached hydrogens (primary N) is 1. The molecular formula is C93H134N10O29. The Balaban J connectivity index is 1.54. The molecule has 3 aromatic rings. The minimum absolute atomic E-state index is 0.0241. The number of carboxylic acids is 3. The van der Waals surface area contributed by atoms with Crippen molar-refractivity contribution in [1.29, 1.82) is 0 Å². The summed E-state index contributed by atoms with van der Waals surface area (Å²) in [6.45, 7) is 11.8. The van der Waals surface area contributed by atoms with Gasteiger partial charge in [0.15, 0.2) is 34.7 Å². The minimum atomic E-state index is -2.00. The first-order valence-electron chi connectivity index (χ1n) is 44.6. The summed E-state index contributed by atoms with van der Waals surface area (Å²) >= 11 is 0. The Morgan fingerprint density at radius 2 is 0.962 bits per heavy atom. The lowest BCUT2D eigenvalue weighted by atomic mass is 9.79. The highest BCUT2D eigenvalue weighted by Gasteiger charge is 2.42. The molecule has 730 valence electrons. The topological polar surface area (TPSA) is 641 Å². The number of aromatic hydroxyl groups is 2. The fourth-order valence-corrected chi connectivity index (χ4v) is 15.0. The van der Waals surface area contributed by atoms with Crippen LogP contribution in [0.3, 0.4) is 0 Å². The predicted molar refractivity (Wildman–Crippen MR) is 475 cm³/mol. The lowest BCUT2D eigenvalue weighted by molar-refractivity contribution is -0.143. The number of rotatable bonds is 65. The van der Waals surface area contributed by atoms with Gasteiger partial charge >= 0.3 is 17.9 Å². The number of hydrogen-bond acceptors (Lipinski definition) is 27. The Hall–Kier alpha value is -11.7. The molecule has 4 rings (SSSR count). The van der Waals surface area contributed by atoms with Gasteiger partial charge in [0.05, 0.1) is 105 Å². The van der Waals surface area contributed by atoms with Crippen LogP contribution in [0.2, 0.25) is 0 Å². The minimum Gasteiger partial charge on any atom is -0.508 e. The molecule has 0 aliphatic carbocycles. The molecule has 132 heavy (non-hydrogen) atoms. The molecule has 39 nitrogen and oxygen atoms in total. The largest absolute Gasteiger partial charge is 0.508 e. The van der Waals surface area contributed by atoms with E-state index in [4.69, 9.17) is 10.5 Å². The highest BCUT2D eigenvalue weighted by atomic mass is 16.5. The van der Waals surface area contributed by atoms with Crippen LogP contribution in [-0.4, -0.2) is 270 Å². The van der Waals surface area contributed by atoms with E-state index >= 15 is 0 Å². The Kier molecular flexibility index (Phi) is 48.6. The van der Waals surface area contributed by atoms with E-state index in [0.717, 1.165) is 13.8 Å². The smallest absolute Gasteiger partial charge is 0.304 e. The fraction of sp³-hybridized carbons (Fsp3) is 0.602. The van der Waals surface area contributed by atoms with Crippen LogP contribution in [0.25, 0.3) is 0 Å². The number of ether oxygens (including phenoxy) is 1. The Morgan fingerprint density at radius 1 is 0.485 bits per heavy atom. The molecule has 1 saturated heterocycles. The number of unbranched alkanes of at least 4 members (excludes halogenated alkanes) is 1. The van der Waals surface area contributed by atoms with E-state index in [1.54, 1.807) is 65.0 Å². The van der Waals surface area contributed by atoms with Gasteiger partial charge in [-0.3, -0.25) is 91.1 Å². The highest BCUT2D eigenvalue weighted by molar-refractivity contribution is 6.01. The van der Waals surface area contributed by atoms with E-state index in [0.29, 0.717) is 50.1 Å². The third-order valence-electron chi connectivity index (χ3n) is 23.3. The van der Waals surface area contributed by atoms with Crippen molar-refractivity contribution in [2.75, 3.05) is 59.2 Å². The lowest BCUT2D eigenvalue weighted by Crippen LogP contribution is -2.52. The molecule has 0 bridgehead atoms. The summed E-state index contributed by atoms with van der Waals surface area (Å²) in [6, 6.07) is 10.4. The van der Waals surface area contributed by atoms with Gasteiger partial charge in [0.2, 0.25) is 53.2 Å². The average molecular weight is 1860 g/mol. The number of carboxylic acid groups (broad SMARTS) is 3. The summed E-state index contributed by atoms with van der Waals surface area (Å²) in [5.74, 6) is -30.5. The van der Waals surface area contributed by atoms with E-state index in [9.17, 15) is 137 Å². The number of aliphatic carboxylic acids is 3. The van der Waals surface area contributed by atoms with Crippen LogP contribution in [0.5, 0.6) is 11.5 Å². The van der Waals surface area contributed by atoms with E-state index in [2.05, 4.69) is 42.5 Å². The van der Waals surface area contributed by atoms with Crippen molar-refractivity contribution >= 4 is 112 Å². The lowest BCUT2D eigenvalue weighted by Gasteiger charge is -2.28. The maximum absolute atomic E-state index is 14.9. The summed E-state index contributed by atoms with van der Waals surface area (Å²) in [5, 5.41) is 114. The molecule has 0 aromatic heterocycles. The zero-order valence-corrected chi connectivity index (χ0v) is 76.5. The van der Waals surface area contributed by atoms with Gasteiger partial charge in [0.25, 0.3) is 0 Å². The van der Waals surface area contributed by atoms with Gasteiger partial charge in [0, 0.05) is 101 Å². The number of nitrogens with one attached hydrogen (secondary N) is 8. The second-order valence-electron chi connectivity index (χ2n) is 35.3. The summed E-state index contributed by atoms with van der Waals surface area (Å²) < 4.78 is 5.11. The van der Waals surface area contributed by atoms with Crippen molar-refractivity contribution in [1.82, 2.24) is 47.4 Å². The molecule has 0 spiro atoms. The number of hydrogen-bond donors (Lipinski definition) is 18. The van der Waals surface area contributed by atoms with Gasteiger partial charge in [-0.25, -0.2) is 0 Å². The number of phenols is 2. The molecule has 1 heterocycles. The maximum Gasteiger partial charge on any atom is 0.304 e. The molecule has 0 saturated carbocycles. The quantitative estimate of drug-likeness (QED) is 0.0355. The molecule has 1 fully saturated rings. The number of carbonyl (C=O) groups excluding carboxylic acids is 16. The summed E-state index contributed by atoms with van der Waals surface area (Å²) in [4.78, 5) is 263.